The molecule has 0 heterocycles. The second-order valence-electron chi connectivity index (χ2n) is 6.27. The molecule has 8 heteroatoms. The highest BCUT2D eigenvalue weighted by Crippen LogP contribution is 2.37. The third kappa shape index (κ3) is 4.92. The lowest BCUT2D eigenvalue weighted by atomic mass is 10.1. The molecular weight excluding hydrogens is 409 g/mol. The first-order valence-corrected chi connectivity index (χ1v) is 9.03. The summed E-state index contributed by atoms with van der Waals surface area (Å²) < 4.78 is 49.4. The summed E-state index contributed by atoms with van der Waals surface area (Å²) in [5, 5.41) is 10.5. The minimum absolute atomic E-state index is 0.0864. The van der Waals surface area contributed by atoms with Crippen LogP contribution in [0.25, 0.3) is 10.8 Å². The van der Waals surface area contributed by atoms with Crippen LogP contribution in [0.3, 0.4) is 0 Å². The van der Waals surface area contributed by atoms with E-state index in [1.165, 1.54) is 0 Å². The number of benzene rings is 3. The summed E-state index contributed by atoms with van der Waals surface area (Å²) in [6.45, 7) is 1.71. The summed E-state index contributed by atoms with van der Waals surface area (Å²) in [7, 11) is 0. The fraction of sp³-hybridized carbons (Fsp3) is 0.190. The lowest BCUT2D eigenvalue weighted by molar-refractivity contribution is -0.145. The summed E-state index contributed by atoms with van der Waals surface area (Å²) in [5.74, 6) is -0.219. The Morgan fingerprint density at radius 2 is 1.69 bits per heavy atom. The number of ether oxygens (including phenoxy) is 2. The Morgan fingerprint density at radius 1 is 1.03 bits per heavy atom. The van der Waals surface area contributed by atoms with Gasteiger partial charge in [0.05, 0.1) is 10.6 Å². The Morgan fingerprint density at radius 3 is 2.28 bits per heavy atom. The number of alkyl halides is 3. The molecule has 3 rings (SSSR count). The molecule has 0 saturated heterocycles. The number of carboxylic acids is 1. The fourth-order valence-corrected chi connectivity index (χ4v) is 2.92. The van der Waals surface area contributed by atoms with Crippen LogP contribution in [0.2, 0.25) is 5.02 Å². The van der Waals surface area contributed by atoms with Crippen molar-refractivity contribution in [3.05, 3.63) is 65.2 Å². The van der Waals surface area contributed by atoms with Gasteiger partial charge in [0.1, 0.15) is 17.2 Å². The van der Waals surface area contributed by atoms with Crippen molar-refractivity contribution in [2.24, 2.45) is 0 Å². The first kappa shape index (κ1) is 20.8. The van der Waals surface area contributed by atoms with Crippen LogP contribution in [0.5, 0.6) is 17.2 Å². The lowest BCUT2D eigenvalue weighted by Gasteiger charge is -2.14. The first-order valence-electron chi connectivity index (χ1n) is 8.65. The van der Waals surface area contributed by atoms with Crippen molar-refractivity contribution in [3.63, 3.8) is 0 Å². The van der Waals surface area contributed by atoms with E-state index in [1.807, 2.05) is 0 Å². The van der Waals surface area contributed by atoms with Crippen molar-refractivity contribution >= 4 is 28.3 Å². The van der Waals surface area contributed by atoms with E-state index in [2.05, 4.69) is 0 Å². The number of hydrogen-bond acceptors (Lipinski definition) is 3. The van der Waals surface area contributed by atoms with Gasteiger partial charge >= 0.3 is 12.1 Å². The van der Waals surface area contributed by atoms with E-state index in [4.69, 9.17) is 26.2 Å². The molecule has 3 aromatic carbocycles. The second kappa shape index (κ2) is 8.21. The monoisotopic (exact) mass is 424 g/mol. The largest absolute Gasteiger partial charge is 0.479 e. The first-order chi connectivity index (χ1) is 13.7. The Bertz CT molecular complexity index is 1050. The maximum Gasteiger partial charge on any atom is 0.416 e. The molecule has 0 aromatic heterocycles. The number of carbonyl (C=O) groups is 1. The van der Waals surface area contributed by atoms with Crippen molar-refractivity contribution in [2.75, 3.05) is 0 Å². The molecule has 0 aliphatic carbocycles. The van der Waals surface area contributed by atoms with Crippen molar-refractivity contribution < 1.29 is 32.5 Å². The topological polar surface area (TPSA) is 55.8 Å². The van der Waals surface area contributed by atoms with Crippen LogP contribution < -0.4 is 9.47 Å². The highest BCUT2D eigenvalue weighted by atomic mass is 35.5. The van der Waals surface area contributed by atoms with Gasteiger partial charge in [-0.25, -0.2) is 4.79 Å². The molecule has 0 bridgehead atoms. The zero-order valence-electron chi connectivity index (χ0n) is 15.2. The molecule has 0 spiro atoms. The van der Waals surface area contributed by atoms with Crippen LogP contribution in [-0.4, -0.2) is 17.2 Å². The molecule has 0 aliphatic heterocycles. The van der Waals surface area contributed by atoms with Crippen LogP contribution in [0.15, 0.2) is 54.6 Å². The second-order valence-corrected chi connectivity index (χ2v) is 6.68. The van der Waals surface area contributed by atoms with Crippen molar-refractivity contribution in [1.29, 1.82) is 0 Å². The summed E-state index contributed by atoms with van der Waals surface area (Å²) in [5.41, 5.74) is -0.862. The number of rotatable bonds is 6. The van der Waals surface area contributed by atoms with Crippen molar-refractivity contribution in [3.8, 4) is 17.2 Å². The molecule has 152 valence electrons. The van der Waals surface area contributed by atoms with Gasteiger partial charge in [0.15, 0.2) is 6.10 Å². The molecule has 4 nitrogen and oxygen atoms in total. The van der Waals surface area contributed by atoms with E-state index < -0.39 is 23.8 Å². The normalized spacial score (nSPS) is 12.6. The molecular formula is C21H16ClF3O4. The Kier molecular flexibility index (Phi) is 5.88. The zero-order chi connectivity index (χ0) is 21.2. The molecule has 0 fully saturated rings. The Balaban J connectivity index is 1.86. The minimum atomic E-state index is -4.49. The third-order valence-corrected chi connectivity index (χ3v) is 4.49. The summed E-state index contributed by atoms with van der Waals surface area (Å²) in [6.07, 6.45) is -5.14. The molecule has 1 N–H and O–H groups in total. The highest BCUT2D eigenvalue weighted by molar-refractivity contribution is 6.32. The zero-order valence-corrected chi connectivity index (χ0v) is 15.9. The molecule has 0 amide bonds. The molecule has 1 unspecified atom stereocenters. The Hall–Kier alpha value is -2.93. The SMILES string of the molecule is CCC(Oc1ccc2ccc(Oc3ccc(C(F)(F)F)cc3Cl)cc2c1)C(=O)O. The summed E-state index contributed by atoms with van der Waals surface area (Å²) in [6, 6.07) is 13.1. The minimum Gasteiger partial charge on any atom is -0.479 e. The van der Waals surface area contributed by atoms with E-state index >= 15 is 0 Å². The van der Waals surface area contributed by atoms with Crippen LogP contribution in [0.1, 0.15) is 18.9 Å². The predicted molar refractivity (Wildman–Crippen MR) is 103 cm³/mol. The van der Waals surface area contributed by atoms with Gasteiger partial charge in [-0.1, -0.05) is 30.7 Å². The van der Waals surface area contributed by atoms with Gasteiger partial charge in [0, 0.05) is 0 Å². The standard InChI is InChI=1S/C21H16ClF3O4/c1-2-18(20(26)27)28-15-6-3-12-4-7-16(10-13(12)9-15)29-19-8-5-14(11-17(19)22)21(23,24)25/h3-11,18H,2H2,1H3,(H,26,27). The van der Waals surface area contributed by atoms with Crippen LogP contribution in [-0.2, 0) is 11.0 Å². The predicted octanol–water partition coefficient (Wildman–Crippen LogP) is 6.55. The molecule has 0 radical (unpaired) electrons. The average Bonchev–Trinajstić information content (AvgIpc) is 2.66. The highest BCUT2D eigenvalue weighted by Gasteiger charge is 2.31. The molecule has 0 aliphatic rings. The molecule has 0 saturated carbocycles. The van der Waals surface area contributed by atoms with Crippen molar-refractivity contribution in [1.82, 2.24) is 0 Å². The lowest BCUT2D eigenvalue weighted by Crippen LogP contribution is -2.25. The van der Waals surface area contributed by atoms with E-state index in [1.54, 1.807) is 43.3 Å². The number of carboxylic acid groups (broad SMARTS) is 1. The molecule has 29 heavy (non-hydrogen) atoms. The third-order valence-electron chi connectivity index (χ3n) is 4.19. The van der Waals surface area contributed by atoms with Gasteiger partial charge in [-0.3, -0.25) is 0 Å². The van der Waals surface area contributed by atoms with Gasteiger partial charge in [0.2, 0.25) is 0 Å². The van der Waals surface area contributed by atoms with Crippen LogP contribution >= 0.6 is 11.6 Å². The summed E-state index contributed by atoms with van der Waals surface area (Å²) >= 11 is 5.93. The smallest absolute Gasteiger partial charge is 0.416 e. The Labute approximate surface area is 169 Å². The number of halogens is 4. The average molecular weight is 425 g/mol. The molecule has 3 aromatic rings. The van der Waals surface area contributed by atoms with E-state index in [-0.39, 0.29) is 10.8 Å². The quantitative estimate of drug-likeness (QED) is 0.487. The number of hydrogen-bond donors (Lipinski definition) is 1. The van der Waals surface area contributed by atoms with Gasteiger partial charge < -0.3 is 14.6 Å². The van der Waals surface area contributed by atoms with Gasteiger partial charge in [0.25, 0.3) is 0 Å². The number of fused-ring (bicyclic) bond motifs is 1. The molecule has 1 atom stereocenters. The summed E-state index contributed by atoms with van der Waals surface area (Å²) in [4.78, 5) is 11.1. The van der Waals surface area contributed by atoms with Gasteiger partial charge in [-0.2, -0.15) is 13.2 Å². The fourth-order valence-electron chi connectivity index (χ4n) is 2.70. The van der Waals surface area contributed by atoms with Gasteiger partial charge in [-0.05, 0) is 59.7 Å². The van der Waals surface area contributed by atoms with Gasteiger partial charge in [-0.15, -0.1) is 0 Å². The van der Waals surface area contributed by atoms with E-state index in [0.717, 1.165) is 23.6 Å². The van der Waals surface area contributed by atoms with Crippen LogP contribution in [0.4, 0.5) is 13.2 Å². The van der Waals surface area contributed by atoms with Crippen LogP contribution in [0, 0.1) is 0 Å². The van der Waals surface area contributed by atoms with E-state index in [0.29, 0.717) is 23.3 Å². The maximum atomic E-state index is 12.8. The number of aliphatic carboxylic acids is 1. The van der Waals surface area contributed by atoms with E-state index in [9.17, 15) is 18.0 Å². The van der Waals surface area contributed by atoms with Crippen molar-refractivity contribution in [2.45, 2.75) is 25.6 Å². The maximum absolute atomic E-state index is 12.8.